The fraction of sp³-hybridized carbons (Fsp3) is 0.267. The molecular weight excluding hydrogens is 284 g/mol. The van der Waals surface area contributed by atoms with E-state index in [2.05, 4.69) is 20.8 Å². The lowest BCUT2D eigenvalue weighted by Crippen LogP contribution is -2.14. The standard InChI is InChI=1S/C15H18N4O3/c1-21-9-8-16-13-6-7-14(19-18-13)17-15(20)11-4-3-5-12(10-11)22-2/h3-7,10H,8-9H2,1-2H3,(H,16,18)(H,17,19,20). The van der Waals surface area contributed by atoms with E-state index in [4.69, 9.17) is 9.47 Å². The number of anilines is 2. The van der Waals surface area contributed by atoms with E-state index in [9.17, 15) is 4.79 Å². The smallest absolute Gasteiger partial charge is 0.256 e. The number of carbonyl (C=O) groups is 1. The van der Waals surface area contributed by atoms with Gasteiger partial charge in [-0.05, 0) is 30.3 Å². The summed E-state index contributed by atoms with van der Waals surface area (Å²) >= 11 is 0. The first kappa shape index (κ1) is 15.7. The molecule has 0 unspecified atom stereocenters. The molecule has 22 heavy (non-hydrogen) atoms. The third-order valence-corrected chi connectivity index (χ3v) is 2.85. The Kier molecular flexibility index (Phi) is 5.67. The number of methoxy groups -OCH3 is 2. The molecule has 1 aromatic heterocycles. The number of aromatic nitrogens is 2. The summed E-state index contributed by atoms with van der Waals surface area (Å²) in [4.78, 5) is 12.1. The zero-order chi connectivity index (χ0) is 15.8. The molecule has 2 rings (SSSR count). The van der Waals surface area contributed by atoms with E-state index in [0.717, 1.165) is 0 Å². The quantitative estimate of drug-likeness (QED) is 0.759. The Morgan fingerprint density at radius 2 is 1.91 bits per heavy atom. The van der Waals surface area contributed by atoms with E-state index in [1.807, 2.05) is 0 Å². The van der Waals surface area contributed by atoms with Gasteiger partial charge in [-0.2, -0.15) is 0 Å². The molecule has 1 aromatic carbocycles. The minimum atomic E-state index is -0.270. The van der Waals surface area contributed by atoms with Crippen LogP contribution in [0.5, 0.6) is 5.75 Å². The van der Waals surface area contributed by atoms with Crippen molar-refractivity contribution >= 4 is 17.5 Å². The molecule has 2 N–H and O–H groups in total. The van der Waals surface area contributed by atoms with Gasteiger partial charge in [0, 0.05) is 19.2 Å². The first-order valence-electron chi connectivity index (χ1n) is 6.75. The Balaban J connectivity index is 1.96. The molecule has 0 aliphatic heterocycles. The van der Waals surface area contributed by atoms with Crippen LogP contribution in [-0.4, -0.2) is 43.5 Å². The van der Waals surface area contributed by atoms with Crippen molar-refractivity contribution in [2.75, 3.05) is 38.0 Å². The normalized spacial score (nSPS) is 10.1. The van der Waals surface area contributed by atoms with Crippen LogP contribution < -0.4 is 15.4 Å². The molecule has 1 heterocycles. The van der Waals surface area contributed by atoms with Crippen LogP contribution in [0.15, 0.2) is 36.4 Å². The highest BCUT2D eigenvalue weighted by Gasteiger charge is 2.08. The maximum absolute atomic E-state index is 12.1. The van der Waals surface area contributed by atoms with Crippen molar-refractivity contribution in [1.82, 2.24) is 10.2 Å². The van der Waals surface area contributed by atoms with E-state index in [1.54, 1.807) is 50.6 Å². The second kappa shape index (κ2) is 7.94. The minimum absolute atomic E-state index is 0.270. The molecule has 0 aliphatic carbocycles. The molecule has 0 atom stereocenters. The van der Waals surface area contributed by atoms with Gasteiger partial charge in [-0.15, -0.1) is 10.2 Å². The SMILES string of the molecule is COCCNc1ccc(NC(=O)c2cccc(OC)c2)nn1. The minimum Gasteiger partial charge on any atom is -0.497 e. The summed E-state index contributed by atoms with van der Waals surface area (Å²) in [7, 11) is 3.18. The van der Waals surface area contributed by atoms with Crippen LogP contribution in [0.2, 0.25) is 0 Å². The first-order chi connectivity index (χ1) is 10.7. The van der Waals surface area contributed by atoms with Crippen molar-refractivity contribution in [3.63, 3.8) is 0 Å². The van der Waals surface area contributed by atoms with Gasteiger partial charge >= 0.3 is 0 Å². The molecule has 1 amide bonds. The average molecular weight is 302 g/mol. The van der Waals surface area contributed by atoms with Crippen LogP contribution in [-0.2, 0) is 4.74 Å². The lowest BCUT2D eigenvalue weighted by Gasteiger charge is -2.07. The maximum Gasteiger partial charge on any atom is 0.256 e. The summed E-state index contributed by atoms with van der Waals surface area (Å²) in [6.07, 6.45) is 0. The van der Waals surface area contributed by atoms with Crippen molar-refractivity contribution in [1.29, 1.82) is 0 Å². The Labute approximate surface area is 128 Å². The Morgan fingerprint density at radius 1 is 1.14 bits per heavy atom. The molecule has 2 aromatic rings. The highest BCUT2D eigenvalue weighted by atomic mass is 16.5. The highest BCUT2D eigenvalue weighted by Crippen LogP contribution is 2.14. The maximum atomic E-state index is 12.1. The predicted octanol–water partition coefficient (Wildman–Crippen LogP) is 1.80. The second-order valence-electron chi connectivity index (χ2n) is 4.41. The van der Waals surface area contributed by atoms with Crippen molar-refractivity contribution in [3.05, 3.63) is 42.0 Å². The molecule has 0 fully saturated rings. The van der Waals surface area contributed by atoms with Crippen LogP contribution in [0.25, 0.3) is 0 Å². The Morgan fingerprint density at radius 3 is 2.59 bits per heavy atom. The van der Waals surface area contributed by atoms with E-state index < -0.39 is 0 Å². The lowest BCUT2D eigenvalue weighted by atomic mass is 10.2. The highest BCUT2D eigenvalue weighted by molar-refractivity contribution is 6.03. The zero-order valence-corrected chi connectivity index (χ0v) is 12.5. The number of carbonyl (C=O) groups excluding carboxylic acids is 1. The van der Waals surface area contributed by atoms with Crippen molar-refractivity contribution < 1.29 is 14.3 Å². The van der Waals surface area contributed by atoms with Gasteiger partial charge in [0.15, 0.2) is 5.82 Å². The van der Waals surface area contributed by atoms with Crippen LogP contribution in [0, 0.1) is 0 Å². The van der Waals surface area contributed by atoms with Crippen LogP contribution in [0.1, 0.15) is 10.4 Å². The number of amides is 1. The third kappa shape index (κ3) is 4.42. The fourth-order valence-electron chi connectivity index (χ4n) is 1.73. The van der Waals surface area contributed by atoms with E-state index in [1.165, 1.54) is 0 Å². The van der Waals surface area contributed by atoms with E-state index in [-0.39, 0.29) is 5.91 Å². The van der Waals surface area contributed by atoms with Gasteiger partial charge in [0.1, 0.15) is 11.6 Å². The molecule has 116 valence electrons. The predicted molar refractivity (Wildman–Crippen MR) is 83.3 cm³/mol. The molecule has 7 heteroatoms. The summed E-state index contributed by atoms with van der Waals surface area (Å²) < 4.78 is 10.0. The van der Waals surface area contributed by atoms with Crippen molar-refractivity contribution in [2.24, 2.45) is 0 Å². The van der Waals surface area contributed by atoms with Crippen LogP contribution >= 0.6 is 0 Å². The van der Waals surface area contributed by atoms with Crippen LogP contribution in [0.4, 0.5) is 11.6 Å². The number of benzene rings is 1. The molecule has 0 radical (unpaired) electrons. The molecule has 0 spiro atoms. The lowest BCUT2D eigenvalue weighted by molar-refractivity contribution is 0.102. The molecule has 0 aliphatic rings. The molecular formula is C15H18N4O3. The molecule has 7 nitrogen and oxygen atoms in total. The summed E-state index contributed by atoms with van der Waals surface area (Å²) in [5.74, 6) is 1.35. The van der Waals surface area contributed by atoms with Gasteiger partial charge < -0.3 is 20.1 Å². The van der Waals surface area contributed by atoms with Gasteiger partial charge in [-0.3, -0.25) is 4.79 Å². The average Bonchev–Trinajstić information content (AvgIpc) is 2.56. The molecule has 0 saturated carbocycles. The fourth-order valence-corrected chi connectivity index (χ4v) is 1.73. The first-order valence-corrected chi connectivity index (χ1v) is 6.75. The third-order valence-electron chi connectivity index (χ3n) is 2.85. The summed E-state index contributed by atoms with van der Waals surface area (Å²) in [5.41, 5.74) is 0.489. The van der Waals surface area contributed by atoms with Gasteiger partial charge in [-0.1, -0.05) is 6.07 Å². The number of rotatable bonds is 7. The van der Waals surface area contributed by atoms with Crippen molar-refractivity contribution in [3.8, 4) is 5.75 Å². The zero-order valence-electron chi connectivity index (χ0n) is 12.5. The van der Waals surface area contributed by atoms with Gasteiger partial charge in [0.2, 0.25) is 0 Å². The van der Waals surface area contributed by atoms with E-state index >= 15 is 0 Å². The second-order valence-corrected chi connectivity index (χ2v) is 4.41. The topological polar surface area (TPSA) is 85.4 Å². The number of ether oxygens (including phenoxy) is 2. The van der Waals surface area contributed by atoms with Crippen LogP contribution in [0.3, 0.4) is 0 Å². The monoisotopic (exact) mass is 302 g/mol. The number of nitrogens with zero attached hydrogens (tertiary/aromatic N) is 2. The summed E-state index contributed by atoms with van der Waals surface area (Å²) in [6.45, 7) is 1.22. The number of hydrogen-bond acceptors (Lipinski definition) is 6. The van der Waals surface area contributed by atoms with Crippen molar-refractivity contribution in [2.45, 2.75) is 0 Å². The number of nitrogens with one attached hydrogen (secondary N) is 2. The van der Waals surface area contributed by atoms with Gasteiger partial charge in [0.05, 0.1) is 13.7 Å². The molecule has 0 saturated heterocycles. The Hall–Kier alpha value is -2.67. The van der Waals surface area contributed by atoms with E-state index in [0.29, 0.717) is 36.1 Å². The molecule has 0 bridgehead atoms. The van der Waals surface area contributed by atoms with Gasteiger partial charge in [0.25, 0.3) is 5.91 Å². The summed E-state index contributed by atoms with van der Waals surface area (Å²) in [6, 6.07) is 10.3. The number of hydrogen-bond donors (Lipinski definition) is 2. The largest absolute Gasteiger partial charge is 0.497 e. The Bertz CT molecular complexity index is 616. The summed E-state index contributed by atoms with van der Waals surface area (Å²) in [5, 5.41) is 13.7. The van der Waals surface area contributed by atoms with Gasteiger partial charge in [-0.25, -0.2) is 0 Å².